The van der Waals surface area contributed by atoms with Gasteiger partial charge in [0.1, 0.15) is 29.9 Å². The molecule has 0 spiro atoms. The molecule has 0 saturated carbocycles. The molecule has 198 valence electrons. The third-order valence-corrected chi connectivity index (χ3v) is 8.15. The van der Waals surface area contributed by atoms with Gasteiger partial charge in [0.15, 0.2) is 16.0 Å². The van der Waals surface area contributed by atoms with Crippen molar-refractivity contribution in [3.05, 3.63) is 43.1 Å². The molecule has 2 unspecified atom stereocenters. The van der Waals surface area contributed by atoms with Crippen LogP contribution in [0.25, 0.3) is 0 Å². The topological polar surface area (TPSA) is 246 Å². The van der Waals surface area contributed by atoms with E-state index in [0.29, 0.717) is 5.57 Å². The first kappa shape index (κ1) is 31.5. The summed E-state index contributed by atoms with van der Waals surface area (Å²) < 4.78 is 1.25. The summed E-state index contributed by atoms with van der Waals surface area (Å²) in [6.07, 6.45) is 0. The van der Waals surface area contributed by atoms with E-state index >= 15 is 0 Å². The maximum Gasteiger partial charge on any atom is 1.00 e. The molecule has 1 fully saturated rings. The largest absolute Gasteiger partial charge is 1.00 e. The number of hydrogen-bond donors (Lipinski definition) is 4. The van der Waals surface area contributed by atoms with Gasteiger partial charge in [0.05, 0.1) is 0 Å². The Kier molecular flexibility index (Phi) is 10.7. The monoisotopic (exact) mass is 595 g/mol. The van der Waals surface area contributed by atoms with Crippen molar-refractivity contribution in [1.29, 1.82) is 0 Å². The van der Waals surface area contributed by atoms with Crippen LogP contribution in [-0.2, 0) is 26.3 Å². The minimum absolute atomic E-state index is 0. The Balaban J connectivity index is 0.00000253. The van der Waals surface area contributed by atoms with E-state index in [1.165, 1.54) is 36.0 Å². The predicted molar refractivity (Wildman–Crippen MR) is 134 cm³/mol. The average Bonchev–Trinajstić information content (AvgIpc) is 3.27. The quantitative estimate of drug-likeness (QED) is 0.0558. The van der Waals surface area contributed by atoms with Gasteiger partial charge in [-0.15, -0.1) is 23.1 Å². The van der Waals surface area contributed by atoms with Crippen molar-refractivity contribution in [2.45, 2.75) is 16.6 Å². The van der Waals surface area contributed by atoms with Gasteiger partial charge >= 0.3 is 46.6 Å². The number of hydrogen-bond acceptors (Lipinski definition) is 13. The minimum atomic E-state index is -1.31. The summed E-state index contributed by atoms with van der Waals surface area (Å²) in [7, 11) is 2.74. The van der Waals surface area contributed by atoms with Crippen LogP contribution in [0.3, 0.4) is 0 Å². The first-order valence-corrected chi connectivity index (χ1v) is 12.9. The molecule has 38 heavy (non-hydrogen) atoms. The number of carbonyl (C=O) groups excluding carboxylic acids is 2. The number of anilines is 1. The number of rotatable bonds is 8. The number of nitrogen functional groups attached to an aromatic ring is 1. The van der Waals surface area contributed by atoms with Gasteiger partial charge in [-0.25, -0.2) is 9.78 Å². The van der Waals surface area contributed by atoms with E-state index in [1.54, 1.807) is 0 Å². The normalized spacial score (nSPS) is 18.5. The number of H-pyrrole nitrogens is 1. The summed E-state index contributed by atoms with van der Waals surface area (Å²) in [6.45, 7) is 0. The van der Waals surface area contributed by atoms with Crippen LogP contribution in [0.4, 0.5) is 5.13 Å². The van der Waals surface area contributed by atoms with E-state index in [1.807, 2.05) is 0 Å². The van der Waals surface area contributed by atoms with Crippen LogP contribution in [0.5, 0.6) is 0 Å². The van der Waals surface area contributed by atoms with Gasteiger partial charge in [-0.3, -0.25) is 33.9 Å². The Labute approximate surface area is 247 Å². The van der Waals surface area contributed by atoms with Crippen molar-refractivity contribution in [1.82, 2.24) is 30.0 Å². The number of carboxylic acids is 1. The molecule has 4 rings (SSSR count). The Morgan fingerprint density at radius 2 is 2.08 bits per heavy atom. The fourth-order valence-corrected chi connectivity index (χ4v) is 6.39. The number of aryl methyl sites for hydroxylation is 1. The van der Waals surface area contributed by atoms with Gasteiger partial charge in [-0.2, -0.15) is 4.98 Å². The molecule has 2 aliphatic rings. The third kappa shape index (κ3) is 6.14. The number of amides is 2. The van der Waals surface area contributed by atoms with Crippen LogP contribution >= 0.6 is 34.9 Å². The molecular formula is C18H20N8NaO8S3+. The third-order valence-electron chi connectivity index (χ3n) is 5.02. The number of aromatic nitrogens is 4. The molecule has 1 saturated heterocycles. The first-order chi connectivity index (χ1) is 17.1. The number of thiazole rings is 1. The van der Waals surface area contributed by atoms with Gasteiger partial charge in [-0.05, 0) is 5.57 Å². The number of aliphatic carboxylic acids is 1. The number of carbonyl (C=O) groups is 3. The number of β-lactam (4-membered cyclic amide) rings is 1. The number of fused-ring (bicyclic) bond motifs is 1. The summed E-state index contributed by atoms with van der Waals surface area (Å²) >= 11 is 3.41. The van der Waals surface area contributed by atoms with E-state index in [9.17, 15) is 29.1 Å². The molecule has 2 aromatic heterocycles. The van der Waals surface area contributed by atoms with Crippen molar-refractivity contribution >= 4 is 63.5 Å². The van der Waals surface area contributed by atoms with E-state index in [0.717, 1.165) is 28.0 Å². The SMILES string of the molecule is CON=C(C(=O)NC1C(=O)N2C(C(=O)O)=C(CSc3nc(=O)c(=O)[nH]n3C)CSC12)c1csc(N)n1.O.[Na+]. The van der Waals surface area contributed by atoms with Crippen LogP contribution in [0.1, 0.15) is 5.69 Å². The molecule has 0 radical (unpaired) electrons. The number of nitrogens with one attached hydrogen (secondary N) is 2. The Morgan fingerprint density at radius 1 is 1.37 bits per heavy atom. The average molecular weight is 596 g/mol. The molecule has 2 amide bonds. The fourth-order valence-electron chi connectivity index (χ4n) is 3.44. The molecule has 2 aliphatic heterocycles. The molecule has 2 atom stereocenters. The summed E-state index contributed by atoms with van der Waals surface area (Å²) in [5.41, 5.74) is 4.00. The maximum atomic E-state index is 12.9. The second-order valence-electron chi connectivity index (χ2n) is 7.30. The smallest absolute Gasteiger partial charge is 0.477 e. The minimum Gasteiger partial charge on any atom is -0.477 e. The summed E-state index contributed by atoms with van der Waals surface area (Å²) in [6, 6.07) is -0.995. The number of thioether (sulfide) groups is 2. The van der Waals surface area contributed by atoms with Crippen molar-refractivity contribution in [3.63, 3.8) is 0 Å². The number of carboxylic acid groups (broad SMARTS) is 1. The molecule has 0 aliphatic carbocycles. The molecule has 16 nitrogen and oxygen atoms in total. The number of aromatic amines is 1. The Morgan fingerprint density at radius 3 is 2.68 bits per heavy atom. The molecule has 4 heterocycles. The van der Waals surface area contributed by atoms with Gasteiger partial charge in [0.25, 0.3) is 11.8 Å². The zero-order chi connectivity index (χ0) is 26.1. The number of nitrogens with zero attached hydrogens (tertiary/aromatic N) is 5. The second kappa shape index (κ2) is 12.9. The molecule has 2 aromatic rings. The van der Waals surface area contributed by atoms with E-state index in [4.69, 9.17) is 10.6 Å². The molecule has 7 N–H and O–H groups in total. The van der Waals surface area contributed by atoms with Crippen LogP contribution < -0.4 is 51.7 Å². The maximum absolute atomic E-state index is 12.9. The second-order valence-corrected chi connectivity index (χ2v) is 10.2. The fraction of sp³-hybridized carbons (Fsp3) is 0.333. The molecule has 20 heteroatoms. The molecule has 0 bridgehead atoms. The predicted octanol–water partition coefficient (Wildman–Crippen LogP) is -5.43. The Bertz CT molecular complexity index is 1440. The summed E-state index contributed by atoms with van der Waals surface area (Å²) in [5, 5.41) is 19.6. The first-order valence-electron chi connectivity index (χ1n) is 9.96. The van der Waals surface area contributed by atoms with Crippen molar-refractivity contribution in [2.24, 2.45) is 12.2 Å². The van der Waals surface area contributed by atoms with E-state index in [-0.39, 0.29) is 73.9 Å². The van der Waals surface area contributed by atoms with Gasteiger partial charge < -0.3 is 26.5 Å². The van der Waals surface area contributed by atoms with Crippen LogP contribution in [0.2, 0.25) is 0 Å². The van der Waals surface area contributed by atoms with Crippen LogP contribution in [0, 0.1) is 0 Å². The van der Waals surface area contributed by atoms with E-state index in [2.05, 4.69) is 25.5 Å². The van der Waals surface area contributed by atoms with E-state index < -0.39 is 40.3 Å². The van der Waals surface area contributed by atoms with Crippen molar-refractivity contribution in [2.75, 3.05) is 24.3 Å². The number of nitrogens with two attached hydrogens (primary N) is 1. The summed E-state index contributed by atoms with van der Waals surface area (Å²) in [5.74, 6) is -2.30. The van der Waals surface area contributed by atoms with Gasteiger partial charge in [0, 0.05) is 23.9 Å². The van der Waals surface area contributed by atoms with Gasteiger partial charge in [0.2, 0.25) is 0 Å². The zero-order valence-electron chi connectivity index (χ0n) is 20.1. The van der Waals surface area contributed by atoms with Crippen molar-refractivity contribution in [3.8, 4) is 0 Å². The standard InChI is InChI=1S/C18H18N8O7S3.Na.H2O/c1-25-18(22-12(28)13(29)23-25)36-4-6-3-34-15-9(14(30)26(15)10(6)16(31)32)21-11(27)8(24-33-2)7-5-35-17(19)20-7;;/h5,9,15H,3-4H2,1-2H3,(H2,19,20)(H,21,27)(H,23,29)(H,31,32);;1H2/q;+1;. The van der Waals surface area contributed by atoms with Crippen molar-refractivity contribution < 1.29 is 59.4 Å². The molecule has 0 aromatic carbocycles. The van der Waals surface area contributed by atoms with Crippen LogP contribution in [0.15, 0.2) is 36.6 Å². The summed E-state index contributed by atoms with van der Waals surface area (Å²) in [4.78, 5) is 74.3. The number of oxime groups is 1. The zero-order valence-corrected chi connectivity index (χ0v) is 24.5. The van der Waals surface area contributed by atoms with Crippen LogP contribution in [-0.4, -0.2) is 88.8 Å². The Hall–Kier alpha value is -2.68. The molecular weight excluding hydrogens is 575 g/mol. The van der Waals surface area contributed by atoms with Gasteiger partial charge in [-0.1, -0.05) is 16.9 Å².